The Morgan fingerprint density at radius 2 is 2.12 bits per heavy atom. The Bertz CT molecular complexity index is 505. The fourth-order valence-corrected chi connectivity index (χ4v) is 1.41. The summed E-state index contributed by atoms with van der Waals surface area (Å²) in [7, 11) is 0. The van der Waals surface area contributed by atoms with Crippen LogP contribution in [-0.4, -0.2) is 11.5 Å². The van der Waals surface area contributed by atoms with Gasteiger partial charge in [0, 0.05) is 18.2 Å². The van der Waals surface area contributed by atoms with Crippen LogP contribution in [0.4, 0.5) is 5.69 Å². The van der Waals surface area contributed by atoms with Gasteiger partial charge in [-0.25, -0.2) is 4.98 Å². The van der Waals surface area contributed by atoms with Gasteiger partial charge < -0.3 is 9.73 Å². The first kappa shape index (κ1) is 10.3. The highest BCUT2D eigenvalue weighted by Gasteiger charge is 2.02. The van der Waals surface area contributed by atoms with E-state index in [4.69, 9.17) is 10.8 Å². The Balaban J connectivity index is 2.16. The molecule has 16 heavy (non-hydrogen) atoms. The normalized spacial score (nSPS) is 9.75. The lowest BCUT2D eigenvalue weighted by molar-refractivity contribution is 0.521. The van der Waals surface area contributed by atoms with Crippen molar-refractivity contribution in [2.75, 3.05) is 11.9 Å². The Kier molecular flexibility index (Phi) is 2.93. The van der Waals surface area contributed by atoms with Crippen molar-refractivity contribution in [2.45, 2.75) is 6.92 Å². The SMILES string of the molecule is C#CCNc1ccc(-c2coc(C)n2)cc1. The van der Waals surface area contributed by atoms with Gasteiger partial charge in [-0.1, -0.05) is 18.1 Å². The molecule has 1 aromatic heterocycles. The summed E-state index contributed by atoms with van der Waals surface area (Å²) in [5.74, 6) is 3.20. The molecule has 1 N–H and O–H groups in total. The molecule has 1 heterocycles. The molecule has 0 saturated heterocycles. The third-order valence-electron chi connectivity index (χ3n) is 2.19. The van der Waals surface area contributed by atoms with Gasteiger partial charge in [-0.3, -0.25) is 0 Å². The van der Waals surface area contributed by atoms with Crippen molar-refractivity contribution in [3.63, 3.8) is 0 Å². The van der Waals surface area contributed by atoms with Crippen LogP contribution in [0, 0.1) is 19.3 Å². The van der Waals surface area contributed by atoms with Gasteiger partial charge in [-0.05, 0) is 12.1 Å². The summed E-state index contributed by atoms with van der Waals surface area (Å²) >= 11 is 0. The number of aromatic nitrogens is 1. The molecule has 0 amide bonds. The monoisotopic (exact) mass is 212 g/mol. The van der Waals surface area contributed by atoms with Gasteiger partial charge in [0.25, 0.3) is 0 Å². The van der Waals surface area contributed by atoms with E-state index < -0.39 is 0 Å². The lowest BCUT2D eigenvalue weighted by Crippen LogP contribution is -1.97. The predicted molar refractivity (Wildman–Crippen MR) is 64.0 cm³/mol. The van der Waals surface area contributed by atoms with Crippen molar-refractivity contribution in [1.82, 2.24) is 4.98 Å². The maximum absolute atomic E-state index is 5.17. The quantitative estimate of drug-likeness (QED) is 0.795. The summed E-state index contributed by atoms with van der Waals surface area (Å²) < 4.78 is 5.16. The smallest absolute Gasteiger partial charge is 0.191 e. The van der Waals surface area contributed by atoms with E-state index >= 15 is 0 Å². The second-order valence-electron chi connectivity index (χ2n) is 3.39. The van der Waals surface area contributed by atoms with Crippen LogP contribution in [0.25, 0.3) is 11.3 Å². The maximum Gasteiger partial charge on any atom is 0.191 e. The fourth-order valence-electron chi connectivity index (χ4n) is 1.41. The summed E-state index contributed by atoms with van der Waals surface area (Å²) in [6, 6.07) is 7.90. The zero-order chi connectivity index (χ0) is 11.4. The van der Waals surface area contributed by atoms with E-state index in [-0.39, 0.29) is 0 Å². The molecule has 0 radical (unpaired) electrons. The average Bonchev–Trinajstić information content (AvgIpc) is 2.74. The minimum atomic E-state index is 0.530. The topological polar surface area (TPSA) is 38.1 Å². The van der Waals surface area contributed by atoms with Crippen LogP contribution in [0.3, 0.4) is 0 Å². The lowest BCUT2D eigenvalue weighted by atomic mass is 10.1. The summed E-state index contributed by atoms with van der Waals surface area (Å²) in [6.07, 6.45) is 6.82. The molecule has 2 aromatic rings. The highest BCUT2D eigenvalue weighted by molar-refractivity contribution is 5.61. The summed E-state index contributed by atoms with van der Waals surface area (Å²) in [5, 5.41) is 3.10. The lowest BCUT2D eigenvalue weighted by Gasteiger charge is -2.02. The molecule has 0 spiro atoms. The Morgan fingerprint density at radius 1 is 1.38 bits per heavy atom. The van der Waals surface area contributed by atoms with Gasteiger partial charge in [-0.15, -0.1) is 6.42 Å². The van der Waals surface area contributed by atoms with Crippen LogP contribution in [0.1, 0.15) is 5.89 Å². The van der Waals surface area contributed by atoms with E-state index in [0.717, 1.165) is 16.9 Å². The van der Waals surface area contributed by atoms with Crippen molar-refractivity contribution in [2.24, 2.45) is 0 Å². The number of benzene rings is 1. The van der Waals surface area contributed by atoms with Crippen molar-refractivity contribution >= 4 is 5.69 Å². The molecule has 0 aliphatic heterocycles. The molecule has 0 aliphatic carbocycles. The molecule has 3 heteroatoms. The molecule has 0 atom stereocenters. The van der Waals surface area contributed by atoms with E-state index in [1.807, 2.05) is 31.2 Å². The van der Waals surface area contributed by atoms with Gasteiger partial charge >= 0.3 is 0 Å². The van der Waals surface area contributed by atoms with Crippen molar-refractivity contribution in [3.8, 4) is 23.6 Å². The summed E-state index contributed by atoms with van der Waals surface area (Å²) in [5.41, 5.74) is 2.88. The number of terminal acetylenes is 1. The highest BCUT2D eigenvalue weighted by Crippen LogP contribution is 2.20. The zero-order valence-electron chi connectivity index (χ0n) is 9.03. The van der Waals surface area contributed by atoms with Gasteiger partial charge in [0.1, 0.15) is 12.0 Å². The van der Waals surface area contributed by atoms with Crippen LogP contribution >= 0.6 is 0 Å². The largest absolute Gasteiger partial charge is 0.449 e. The molecule has 0 aliphatic rings. The first-order chi connectivity index (χ1) is 7.79. The molecule has 0 bridgehead atoms. The first-order valence-electron chi connectivity index (χ1n) is 4.99. The zero-order valence-corrected chi connectivity index (χ0v) is 9.03. The highest BCUT2D eigenvalue weighted by atomic mass is 16.3. The predicted octanol–water partition coefficient (Wildman–Crippen LogP) is 2.70. The molecule has 80 valence electrons. The molecular weight excluding hydrogens is 200 g/mol. The Morgan fingerprint density at radius 3 is 2.69 bits per heavy atom. The van der Waals surface area contributed by atoms with E-state index in [1.165, 1.54) is 0 Å². The summed E-state index contributed by atoms with van der Waals surface area (Å²) in [6.45, 7) is 2.36. The second-order valence-corrected chi connectivity index (χ2v) is 3.39. The van der Waals surface area contributed by atoms with Gasteiger partial charge in [0.15, 0.2) is 5.89 Å². The van der Waals surface area contributed by atoms with E-state index in [1.54, 1.807) is 6.26 Å². The van der Waals surface area contributed by atoms with Gasteiger partial charge in [0.05, 0.1) is 6.54 Å². The average molecular weight is 212 g/mol. The Labute approximate surface area is 94.5 Å². The molecule has 3 nitrogen and oxygen atoms in total. The van der Waals surface area contributed by atoms with Crippen LogP contribution in [-0.2, 0) is 0 Å². The number of anilines is 1. The maximum atomic E-state index is 5.17. The minimum Gasteiger partial charge on any atom is -0.449 e. The number of nitrogens with zero attached hydrogens (tertiary/aromatic N) is 1. The van der Waals surface area contributed by atoms with Gasteiger partial charge in [0.2, 0.25) is 0 Å². The standard InChI is InChI=1S/C13H12N2O/c1-3-8-14-12-6-4-11(5-7-12)13-9-16-10(2)15-13/h1,4-7,9,14H,8H2,2H3. The first-order valence-corrected chi connectivity index (χ1v) is 4.99. The van der Waals surface area contributed by atoms with Crippen LogP contribution < -0.4 is 5.32 Å². The third kappa shape index (κ3) is 2.23. The van der Waals surface area contributed by atoms with Crippen molar-refractivity contribution < 1.29 is 4.42 Å². The van der Waals surface area contributed by atoms with E-state index in [2.05, 4.69) is 16.2 Å². The third-order valence-corrected chi connectivity index (χ3v) is 2.19. The minimum absolute atomic E-state index is 0.530. The summed E-state index contributed by atoms with van der Waals surface area (Å²) in [4.78, 5) is 4.25. The number of hydrogen-bond donors (Lipinski definition) is 1. The molecule has 2 rings (SSSR count). The molecule has 1 aromatic carbocycles. The molecular formula is C13H12N2O. The number of oxazole rings is 1. The van der Waals surface area contributed by atoms with Gasteiger partial charge in [-0.2, -0.15) is 0 Å². The van der Waals surface area contributed by atoms with E-state index in [9.17, 15) is 0 Å². The number of nitrogens with one attached hydrogen (secondary N) is 1. The number of aryl methyl sites for hydroxylation is 1. The molecule has 0 unspecified atom stereocenters. The number of hydrogen-bond acceptors (Lipinski definition) is 3. The van der Waals surface area contributed by atoms with Crippen LogP contribution in [0.2, 0.25) is 0 Å². The molecule has 0 saturated carbocycles. The second kappa shape index (κ2) is 4.54. The number of rotatable bonds is 3. The van der Waals surface area contributed by atoms with Crippen LogP contribution in [0.5, 0.6) is 0 Å². The van der Waals surface area contributed by atoms with Crippen molar-refractivity contribution in [1.29, 1.82) is 0 Å². The fraction of sp³-hybridized carbons (Fsp3) is 0.154. The van der Waals surface area contributed by atoms with E-state index in [0.29, 0.717) is 12.4 Å². The van der Waals surface area contributed by atoms with Crippen molar-refractivity contribution in [3.05, 3.63) is 36.4 Å². The Hall–Kier alpha value is -2.21. The molecule has 0 fully saturated rings. The van der Waals surface area contributed by atoms with Crippen LogP contribution in [0.15, 0.2) is 34.9 Å².